The van der Waals surface area contributed by atoms with Crippen LogP contribution in [-0.4, -0.2) is 28.2 Å². The molecule has 58 heavy (non-hydrogen) atoms. The second kappa shape index (κ2) is 23.3. The number of nitrogens with one attached hydrogen (secondary N) is 2. The largest absolute Gasteiger partial charge is 0.858 e. The lowest BCUT2D eigenvalue weighted by Gasteiger charge is -2.13. The zero-order chi connectivity index (χ0) is 41.1. The maximum Gasteiger partial charge on any atom is 0.346 e. The number of hydrogen-bond acceptors (Lipinski definition) is 5. The molecule has 0 unspecified atom stereocenters. The molecule has 0 saturated heterocycles. The molecular formula is C48H60ClN5O4. The molecule has 0 aliphatic carbocycles. The number of aliphatic imine (C=N–C) groups is 1. The third-order valence-electron chi connectivity index (χ3n) is 10.3. The Labute approximate surface area is 349 Å². The van der Waals surface area contributed by atoms with E-state index in [0.29, 0.717) is 29.4 Å². The molecular weight excluding hydrogens is 746 g/mol. The Balaban J connectivity index is 1.08. The van der Waals surface area contributed by atoms with E-state index < -0.39 is 11.5 Å². The summed E-state index contributed by atoms with van der Waals surface area (Å²) in [4.78, 5) is 31.0. The van der Waals surface area contributed by atoms with Crippen LogP contribution in [0.5, 0.6) is 5.75 Å². The number of benzene rings is 3. The number of aromatic amines is 1. The number of unbranched alkanes of at least 4 members (excludes halogenated alkanes) is 12. The van der Waals surface area contributed by atoms with E-state index >= 15 is 0 Å². The van der Waals surface area contributed by atoms with E-state index in [1.54, 1.807) is 59.4 Å². The molecule has 5 aromatic rings. The highest BCUT2D eigenvalue weighted by atomic mass is 35.5. The van der Waals surface area contributed by atoms with Gasteiger partial charge in [0.1, 0.15) is 5.75 Å². The zero-order valence-corrected chi connectivity index (χ0v) is 35.3. The second-order valence-corrected chi connectivity index (χ2v) is 15.7. The molecule has 1 amide bonds. The van der Waals surface area contributed by atoms with E-state index in [1.807, 2.05) is 38.1 Å². The summed E-state index contributed by atoms with van der Waals surface area (Å²) in [5, 5.41) is 19.8. The molecule has 5 rings (SSSR count). The minimum atomic E-state index is -0.585. The summed E-state index contributed by atoms with van der Waals surface area (Å²) >= 11 is 6.61. The van der Waals surface area contributed by atoms with Crippen molar-refractivity contribution in [1.82, 2.24) is 9.78 Å². The van der Waals surface area contributed by atoms with Crippen LogP contribution in [0.15, 0.2) is 101 Å². The molecule has 0 aliphatic rings. The Kier molecular flexibility index (Phi) is 17.7. The summed E-state index contributed by atoms with van der Waals surface area (Å²) in [6.07, 6.45) is 22.8. The fourth-order valence-corrected chi connectivity index (χ4v) is 7.71. The number of anilines is 1. The van der Waals surface area contributed by atoms with Crippen LogP contribution < -0.4 is 25.3 Å². The van der Waals surface area contributed by atoms with Crippen LogP contribution in [0.25, 0.3) is 11.4 Å². The number of carbonyl (C=O) groups excluding carboxylic acids is 1. The van der Waals surface area contributed by atoms with Gasteiger partial charge < -0.3 is 15.2 Å². The first kappa shape index (κ1) is 44.0. The number of H-pyrrole nitrogens is 1. The van der Waals surface area contributed by atoms with Gasteiger partial charge >= 0.3 is 11.2 Å². The normalized spacial score (nSPS) is 11.6. The standard InChI is InChI=1S/C48H60ClN5O4/c1-4-5-6-7-8-9-10-11-12-13-14-15-17-23-38-24-20-27-41(34-38)58-31-22-28-43(55)50-40-26-21-25-39(35-40)47(56)51-46-45(53-29-18-16-19-30-53)48(57)54(52-46)44-37(3)32-36(2)33-42(44)49/h16,18-21,24-27,29-30,32-35H,4-15,17,22-23,28,31H2,1-3H3,(H2-,50,51,52,55,56,57). The molecule has 0 atom stereocenters. The molecule has 2 N–H and O–H groups in total. The SMILES string of the molecule is CCCCCCCCCCCCCCCc1cccc(OCCCC(=O)Nc2cccc(C([O-])=Nc3[nH]n(-c4c(C)cc(C)cc4Cl)c(=O)c3-[n+]3ccccc3)c2)c1. The van der Waals surface area contributed by atoms with Crippen molar-refractivity contribution in [2.24, 2.45) is 4.99 Å². The molecule has 0 bridgehead atoms. The summed E-state index contributed by atoms with van der Waals surface area (Å²) in [6.45, 7) is 6.48. The minimum Gasteiger partial charge on any atom is -0.858 e. The molecule has 0 aliphatic heterocycles. The Morgan fingerprint density at radius 3 is 2.19 bits per heavy atom. The Hall–Kier alpha value is -5.15. The fraction of sp³-hybridized carbons (Fsp3) is 0.417. The summed E-state index contributed by atoms with van der Waals surface area (Å²) in [6, 6.07) is 24.0. The van der Waals surface area contributed by atoms with Gasteiger partial charge in [-0.15, -0.1) is 0 Å². The van der Waals surface area contributed by atoms with Crippen LogP contribution in [0.1, 0.15) is 125 Å². The maximum absolute atomic E-state index is 13.8. The number of nitrogens with zero attached hydrogens (tertiary/aromatic N) is 3. The van der Waals surface area contributed by atoms with Gasteiger partial charge in [0.25, 0.3) is 0 Å². The van der Waals surface area contributed by atoms with Crippen LogP contribution >= 0.6 is 11.6 Å². The van der Waals surface area contributed by atoms with Gasteiger partial charge in [0.05, 0.1) is 17.3 Å². The van der Waals surface area contributed by atoms with E-state index in [4.69, 9.17) is 16.3 Å². The molecule has 9 nitrogen and oxygen atoms in total. The highest BCUT2D eigenvalue weighted by Crippen LogP contribution is 2.27. The summed E-state index contributed by atoms with van der Waals surface area (Å²) < 4.78 is 8.92. The molecule has 308 valence electrons. The van der Waals surface area contributed by atoms with E-state index in [-0.39, 0.29) is 29.4 Å². The minimum absolute atomic E-state index is 0.0711. The molecule has 0 radical (unpaired) electrons. The third-order valence-corrected chi connectivity index (χ3v) is 10.6. The molecule has 3 aromatic carbocycles. The topological polar surface area (TPSA) is 115 Å². The van der Waals surface area contributed by atoms with Crippen molar-refractivity contribution in [3.05, 3.63) is 129 Å². The number of aryl methyl sites for hydroxylation is 3. The number of rotatable bonds is 24. The van der Waals surface area contributed by atoms with E-state index in [0.717, 1.165) is 23.3 Å². The van der Waals surface area contributed by atoms with E-state index in [1.165, 1.54) is 93.7 Å². The average molecular weight is 806 g/mol. The van der Waals surface area contributed by atoms with Gasteiger partial charge in [0.2, 0.25) is 11.7 Å². The third kappa shape index (κ3) is 13.5. The number of carbonyl (C=O) groups is 1. The van der Waals surface area contributed by atoms with Gasteiger partial charge in [-0.25, -0.2) is 9.67 Å². The first-order valence-corrected chi connectivity index (χ1v) is 21.6. The van der Waals surface area contributed by atoms with Crippen molar-refractivity contribution in [3.8, 4) is 17.1 Å². The highest BCUT2D eigenvalue weighted by molar-refractivity contribution is 6.32. The zero-order valence-electron chi connectivity index (χ0n) is 34.5. The number of halogens is 1. The number of ether oxygens (including phenoxy) is 1. The number of pyridine rings is 1. The van der Waals surface area contributed by atoms with Crippen molar-refractivity contribution in [1.29, 1.82) is 0 Å². The van der Waals surface area contributed by atoms with Gasteiger partial charge in [-0.3, -0.25) is 14.7 Å². The van der Waals surface area contributed by atoms with Crippen molar-refractivity contribution >= 4 is 34.9 Å². The fourth-order valence-electron chi connectivity index (χ4n) is 7.30. The summed E-state index contributed by atoms with van der Waals surface area (Å²) in [5.41, 5.74) is 3.98. The number of aromatic nitrogens is 3. The van der Waals surface area contributed by atoms with Gasteiger partial charge in [-0.1, -0.05) is 132 Å². The Morgan fingerprint density at radius 1 is 0.828 bits per heavy atom. The molecule has 10 heteroatoms. The molecule has 2 heterocycles. The molecule has 2 aromatic heterocycles. The van der Waals surface area contributed by atoms with Crippen LogP contribution in [-0.2, 0) is 11.2 Å². The van der Waals surface area contributed by atoms with Crippen molar-refractivity contribution in [2.45, 2.75) is 124 Å². The van der Waals surface area contributed by atoms with Crippen molar-refractivity contribution in [3.63, 3.8) is 0 Å². The molecule has 0 spiro atoms. The highest BCUT2D eigenvalue weighted by Gasteiger charge is 2.25. The predicted octanol–water partition coefficient (Wildman–Crippen LogP) is 10.6. The predicted molar refractivity (Wildman–Crippen MR) is 234 cm³/mol. The van der Waals surface area contributed by atoms with Crippen molar-refractivity contribution < 1.29 is 19.2 Å². The van der Waals surface area contributed by atoms with Crippen LogP contribution in [0.2, 0.25) is 5.02 Å². The quantitative estimate of drug-likeness (QED) is 0.0280. The smallest absolute Gasteiger partial charge is 0.346 e. The lowest BCUT2D eigenvalue weighted by atomic mass is 10.0. The lowest BCUT2D eigenvalue weighted by molar-refractivity contribution is -0.595. The monoisotopic (exact) mass is 805 g/mol. The van der Waals surface area contributed by atoms with Crippen LogP contribution in [0.4, 0.5) is 11.5 Å². The number of hydrogen-bond donors (Lipinski definition) is 2. The average Bonchev–Trinajstić information content (AvgIpc) is 3.52. The second-order valence-electron chi connectivity index (χ2n) is 15.3. The van der Waals surface area contributed by atoms with Gasteiger partial charge in [-0.2, -0.15) is 4.57 Å². The van der Waals surface area contributed by atoms with Gasteiger partial charge in [0.15, 0.2) is 12.4 Å². The van der Waals surface area contributed by atoms with Gasteiger partial charge in [-0.05, 0) is 91.6 Å². The van der Waals surface area contributed by atoms with Crippen molar-refractivity contribution in [2.75, 3.05) is 11.9 Å². The van der Waals surface area contributed by atoms with Gasteiger partial charge in [0, 0.05) is 24.2 Å². The molecule has 0 fully saturated rings. The molecule has 0 saturated carbocycles. The summed E-state index contributed by atoms with van der Waals surface area (Å²) in [7, 11) is 0. The summed E-state index contributed by atoms with van der Waals surface area (Å²) in [5.74, 6) is 0.126. The maximum atomic E-state index is 13.8. The Bertz CT molecular complexity index is 2120. The van der Waals surface area contributed by atoms with E-state index in [2.05, 4.69) is 34.5 Å². The first-order chi connectivity index (χ1) is 28.2. The van der Waals surface area contributed by atoms with Crippen LogP contribution in [0, 0.1) is 13.8 Å². The first-order valence-electron chi connectivity index (χ1n) is 21.2. The number of amides is 1. The van der Waals surface area contributed by atoms with E-state index in [9.17, 15) is 14.7 Å². The lowest BCUT2D eigenvalue weighted by Crippen LogP contribution is -2.36. The Morgan fingerprint density at radius 2 is 1.50 bits per heavy atom. The van der Waals surface area contributed by atoms with Crippen LogP contribution in [0.3, 0.4) is 0 Å².